The minimum Gasteiger partial charge on any atom is -0.492 e. The fourth-order valence-electron chi connectivity index (χ4n) is 4.37. The molecule has 2 aromatic carbocycles. The largest absolute Gasteiger partial charge is 0.492 e. The average Bonchev–Trinajstić information content (AvgIpc) is 3.23. The van der Waals surface area contributed by atoms with E-state index in [-0.39, 0.29) is 25.0 Å². The predicted octanol–water partition coefficient (Wildman–Crippen LogP) is 3.33. The maximum atomic E-state index is 13.1. The molecular formula is C24H27NO6. The number of Topliss-reactive ketones (excluding diaryl/α,β-unsaturated/α-hetero) is 1. The second-order valence-electron chi connectivity index (χ2n) is 7.76. The van der Waals surface area contributed by atoms with Crippen molar-refractivity contribution in [1.29, 1.82) is 0 Å². The van der Waals surface area contributed by atoms with Crippen molar-refractivity contribution in [3.63, 3.8) is 0 Å². The van der Waals surface area contributed by atoms with Gasteiger partial charge in [0.05, 0.1) is 19.3 Å². The Morgan fingerprint density at radius 3 is 2.81 bits per heavy atom. The van der Waals surface area contributed by atoms with Crippen LogP contribution in [0.2, 0.25) is 0 Å². The molecule has 0 spiro atoms. The fourth-order valence-corrected chi connectivity index (χ4v) is 4.37. The van der Waals surface area contributed by atoms with Crippen LogP contribution in [0.4, 0.5) is 0 Å². The Balaban J connectivity index is 1.60. The number of likely N-dealkylation sites (N-methyl/N-ethyl adjacent to an activating group) is 1. The van der Waals surface area contributed by atoms with E-state index in [1.807, 2.05) is 19.2 Å². The smallest absolute Gasteiger partial charge is 0.338 e. The molecule has 2 aromatic rings. The van der Waals surface area contributed by atoms with Gasteiger partial charge in [0.2, 0.25) is 12.5 Å². The summed E-state index contributed by atoms with van der Waals surface area (Å²) >= 11 is 0. The molecule has 164 valence electrons. The molecule has 2 aliphatic heterocycles. The molecule has 31 heavy (non-hydrogen) atoms. The van der Waals surface area contributed by atoms with E-state index in [2.05, 4.69) is 4.90 Å². The molecule has 1 unspecified atom stereocenters. The number of nitrogens with zero attached hydrogens (tertiary/aromatic N) is 1. The molecule has 2 aliphatic rings. The summed E-state index contributed by atoms with van der Waals surface area (Å²) < 4.78 is 22.0. The quantitative estimate of drug-likeness (QED) is 0.630. The van der Waals surface area contributed by atoms with E-state index in [0.29, 0.717) is 41.4 Å². The first kappa shape index (κ1) is 21.2. The SMILES string of the molecule is CCOC(=O)c1ccccc1CC(=O)CC1c2c(cc3c(c2OC)OCO3)CCN1C. The summed E-state index contributed by atoms with van der Waals surface area (Å²) in [5.74, 6) is 1.57. The first-order valence-electron chi connectivity index (χ1n) is 10.5. The summed E-state index contributed by atoms with van der Waals surface area (Å²) in [7, 11) is 3.62. The van der Waals surface area contributed by atoms with Gasteiger partial charge in [-0.1, -0.05) is 18.2 Å². The molecule has 0 aromatic heterocycles. The van der Waals surface area contributed by atoms with E-state index < -0.39 is 5.97 Å². The van der Waals surface area contributed by atoms with Crippen LogP contribution in [0, 0.1) is 0 Å². The third-order valence-electron chi connectivity index (χ3n) is 5.87. The van der Waals surface area contributed by atoms with Crippen molar-refractivity contribution in [2.24, 2.45) is 0 Å². The van der Waals surface area contributed by atoms with E-state index in [0.717, 1.165) is 24.1 Å². The molecule has 0 bridgehead atoms. The van der Waals surface area contributed by atoms with Crippen LogP contribution in [-0.2, 0) is 22.4 Å². The maximum Gasteiger partial charge on any atom is 0.338 e. The van der Waals surface area contributed by atoms with Crippen molar-refractivity contribution >= 4 is 11.8 Å². The molecule has 0 N–H and O–H groups in total. The van der Waals surface area contributed by atoms with Crippen LogP contribution in [0.5, 0.6) is 17.2 Å². The Hall–Kier alpha value is -3.06. The summed E-state index contributed by atoms with van der Waals surface area (Å²) in [4.78, 5) is 27.6. The minimum absolute atomic E-state index is 0.0427. The Labute approximate surface area is 181 Å². The minimum atomic E-state index is -0.402. The van der Waals surface area contributed by atoms with Gasteiger partial charge >= 0.3 is 5.97 Å². The van der Waals surface area contributed by atoms with Crippen LogP contribution < -0.4 is 14.2 Å². The molecule has 7 nitrogen and oxygen atoms in total. The molecule has 7 heteroatoms. The number of benzene rings is 2. The van der Waals surface area contributed by atoms with Gasteiger partial charge in [-0.05, 0) is 43.7 Å². The van der Waals surface area contributed by atoms with Gasteiger partial charge in [0.15, 0.2) is 11.5 Å². The molecule has 0 amide bonds. The third-order valence-corrected chi connectivity index (χ3v) is 5.87. The molecule has 2 heterocycles. The van der Waals surface area contributed by atoms with E-state index in [4.69, 9.17) is 18.9 Å². The number of fused-ring (bicyclic) bond motifs is 2. The average molecular weight is 425 g/mol. The number of ketones is 1. The Bertz CT molecular complexity index is 1000. The van der Waals surface area contributed by atoms with Crippen LogP contribution >= 0.6 is 0 Å². The predicted molar refractivity (Wildman–Crippen MR) is 114 cm³/mol. The first-order valence-corrected chi connectivity index (χ1v) is 10.5. The highest BCUT2D eigenvalue weighted by atomic mass is 16.7. The van der Waals surface area contributed by atoms with Gasteiger partial charge in [0.25, 0.3) is 0 Å². The molecule has 0 saturated heterocycles. The van der Waals surface area contributed by atoms with Crippen molar-refractivity contribution in [2.45, 2.75) is 32.2 Å². The molecule has 0 radical (unpaired) electrons. The van der Waals surface area contributed by atoms with Crippen molar-refractivity contribution < 1.29 is 28.5 Å². The summed E-state index contributed by atoms with van der Waals surface area (Å²) in [5.41, 5.74) is 3.22. The number of rotatable bonds is 7. The second-order valence-corrected chi connectivity index (χ2v) is 7.76. The lowest BCUT2D eigenvalue weighted by Crippen LogP contribution is -2.34. The third kappa shape index (κ3) is 4.10. The van der Waals surface area contributed by atoms with Gasteiger partial charge in [-0.15, -0.1) is 0 Å². The van der Waals surface area contributed by atoms with Gasteiger partial charge in [-0.2, -0.15) is 0 Å². The van der Waals surface area contributed by atoms with E-state index in [1.54, 1.807) is 32.2 Å². The summed E-state index contributed by atoms with van der Waals surface area (Å²) in [6.07, 6.45) is 1.31. The highest BCUT2D eigenvalue weighted by molar-refractivity contribution is 5.93. The number of esters is 1. The summed E-state index contributed by atoms with van der Waals surface area (Å²) in [6, 6.07) is 8.97. The zero-order valence-corrected chi connectivity index (χ0v) is 18.1. The Kier molecular flexibility index (Phi) is 6.13. The highest BCUT2D eigenvalue weighted by Gasteiger charge is 2.35. The van der Waals surface area contributed by atoms with Gasteiger partial charge in [0, 0.05) is 31.0 Å². The normalized spacial score (nSPS) is 17.2. The number of hydrogen-bond acceptors (Lipinski definition) is 7. The molecular weight excluding hydrogens is 398 g/mol. The molecule has 0 saturated carbocycles. The number of methoxy groups -OCH3 is 1. The topological polar surface area (TPSA) is 74.3 Å². The monoisotopic (exact) mass is 425 g/mol. The zero-order valence-electron chi connectivity index (χ0n) is 18.1. The molecule has 0 aliphatic carbocycles. The summed E-state index contributed by atoms with van der Waals surface area (Å²) in [5, 5.41) is 0. The van der Waals surface area contributed by atoms with Gasteiger partial charge in [-0.25, -0.2) is 4.79 Å². The number of carbonyl (C=O) groups is 2. The van der Waals surface area contributed by atoms with E-state index >= 15 is 0 Å². The van der Waals surface area contributed by atoms with Crippen molar-refractivity contribution in [2.75, 3.05) is 34.1 Å². The maximum absolute atomic E-state index is 13.1. The molecule has 0 fully saturated rings. The number of ether oxygens (including phenoxy) is 4. The standard InChI is InChI=1S/C24H27NO6/c1-4-29-24(27)18-8-6-5-7-15(18)11-17(26)13-19-21-16(9-10-25(19)2)12-20-22(23(21)28-3)31-14-30-20/h5-8,12,19H,4,9-11,13-14H2,1-3H3. The van der Waals surface area contributed by atoms with Crippen LogP contribution in [0.15, 0.2) is 30.3 Å². The van der Waals surface area contributed by atoms with Crippen molar-refractivity contribution in [3.8, 4) is 17.2 Å². The lowest BCUT2D eigenvalue weighted by molar-refractivity contribution is -0.119. The van der Waals surface area contributed by atoms with Crippen LogP contribution in [0.3, 0.4) is 0 Å². The Morgan fingerprint density at radius 1 is 1.23 bits per heavy atom. The number of hydrogen-bond donors (Lipinski definition) is 0. The second kappa shape index (κ2) is 8.98. The van der Waals surface area contributed by atoms with Gasteiger partial charge in [0.1, 0.15) is 5.78 Å². The van der Waals surface area contributed by atoms with E-state index in [9.17, 15) is 9.59 Å². The Morgan fingerprint density at radius 2 is 2.03 bits per heavy atom. The van der Waals surface area contributed by atoms with Crippen molar-refractivity contribution in [1.82, 2.24) is 4.90 Å². The van der Waals surface area contributed by atoms with Gasteiger partial charge in [-0.3, -0.25) is 9.69 Å². The number of carbonyl (C=O) groups excluding carboxylic acids is 2. The molecule has 4 rings (SSSR count). The lowest BCUT2D eigenvalue weighted by Gasteiger charge is -2.35. The van der Waals surface area contributed by atoms with Crippen LogP contribution in [0.25, 0.3) is 0 Å². The van der Waals surface area contributed by atoms with E-state index in [1.165, 1.54) is 0 Å². The van der Waals surface area contributed by atoms with Crippen LogP contribution in [-0.4, -0.2) is 50.8 Å². The van der Waals surface area contributed by atoms with Gasteiger partial charge < -0.3 is 18.9 Å². The zero-order chi connectivity index (χ0) is 22.0. The van der Waals surface area contributed by atoms with Crippen LogP contribution in [0.1, 0.15) is 46.4 Å². The van der Waals surface area contributed by atoms with Crippen molar-refractivity contribution in [3.05, 3.63) is 52.6 Å². The lowest BCUT2D eigenvalue weighted by atomic mass is 9.87. The fraction of sp³-hybridized carbons (Fsp3) is 0.417. The first-order chi connectivity index (χ1) is 15.0. The molecule has 1 atom stereocenters. The summed E-state index contributed by atoms with van der Waals surface area (Å²) in [6.45, 7) is 3.05. The highest BCUT2D eigenvalue weighted by Crippen LogP contribution is 2.50.